The Morgan fingerprint density at radius 3 is 2.53 bits per heavy atom. The summed E-state index contributed by atoms with van der Waals surface area (Å²) in [5, 5.41) is 11.8. The van der Waals surface area contributed by atoms with Crippen molar-refractivity contribution in [1.29, 1.82) is 5.26 Å². The van der Waals surface area contributed by atoms with Crippen molar-refractivity contribution in [2.24, 2.45) is 0 Å². The van der Waals surface area contributed by atoms with E-state index in [0.717, 1.165) is 5.56 Å². The number of benzene rings is 1. The van der Waals surface area contributed by atoms with Gasteiger partial charge in [0.15, 0.2) is 0 Å². The van der Waals surface area contributed by atoms with E-state index in [4.69, 9.17) is 16.9 Å². The van der Waals surface area contributed by atoms with Gasteiger partial charge in [-0.2, -0.15) is 5.26 Å². The number of hydrogen-bond donors (Lipinski definition) is 1. The third kappa shape index (κ3) is 3.47. The van der Waals surface area contributed by atoms with Crippen molar-refractivity contribution in [3.8, 4) is 6.07 Å². The van der Waals surface area contributed by atoms with Crippen molar-refractivity contribution >= 4 is 17.5 Å². The Labute approximate surface area is 106 Å². The monoisotopic (exact) mass is 250 g/mol. The van der Waals surface area contributed by atoms with Crippen LogP contribution >= 0.6 is 11.6 Å². The zero-order valence-electron chi connectivity index (χ0n) is 9.96. The SMILES string of the molecule is CC(C)(C(=O)NCCC#N)c1ccc(Cl)cc1. The zero-order chi connectivity index (χ0) is 12.9. The normalized spacial score (nSPS) is 10.7. The number of nitrogens with one attached hydrogen (secondary N) is 1. The highest BCUT2D eigenvalue weighted by Gasteiger charge is 2.29. The van der Waals surface area contributed by atoms with Crippen LogP contribution in [0.4, 0.5) is 0 Å². The standard InChI is InChI=1S/C13H15ClN2O/c1-13(2,12(17)16-9-3-8-15)10-4-6-11(14)7-5-10/h4-7H,3,9H2,1-2H3,(H,16,17). The number of nitriles is 1. The number of amides is 1. The molecular formula is C13H15ClN2O. The van der Waals surface area contributed by atoms with Gasteiger partial charge in [-0.1, -0.05) is 23.7 Å². The Morgan fingerprint density at radius 1 is 1.41 bits per heavy atom. The van der Waals surface area contributed by atoms with Crippen LogP contribution in [0.5, 0.6) is 0 Å². The molecule has 1 rings (SSSR count). The Hall–Kier alpha value is -1.53. The van der Waals surface area contributed by atoms with Gasteiger partial charge in [-0.15, -0.1) is 0 Å². The fourth-order valence-corrected chi connectivity index (χ4v) is 1.58. The number of rotatable bonds is 4. The predicted octanol–water partition coefficient (Wildman–Crippen LogP) is 2.65. The molecule has 0 unspecified atom stereocenters. The fraction of sp³-hybridized carbons (Fsp3) is 0.385. The van der Waals surface area contributed by atoms with Gasteiger partial charge in [0.1, 0.15) is 0 Å². The van der Waals surface area contributed by atoms with E-state index in [-0.39, 0.29) is 5.91 Å². The lowest BCUT2D eigenvalue weighted by atomic mass is 9.84. The van der Waals surface area contributed by atoms with E-state index in [2.05, 4.69) is 5.32 Å². The molecule has 0 saturated carbocycles. The summed E-state index contributed by atoms with van der Waals surface area (Å²) in [6, 6.07) is 9.20. The fourth-order valence-electron chi connectivity index (χ4n) is 1.45. The summed E-state index contributed by atoms with van der Waals surface area (Å²) in [6.07, 6.45) is 0.322. The molecule has 0 saturated heterocycles. The predicted molar refractivity (Wildman–Crippen MR) is 67.7 cm³/mol. The smallest absolute Gasteiger partial charge is 0.230 e. The minimum Gasteiger partial charge on any atom is -0.354 e. The van der Waals surface area contributed by atoms with Crippen LogP contribution in [0, 0.1) is 11.3 Å². The van der Waals surface area contributed by atoms with Crippen molar-refractivity contribution in [1.82, 2.24) is 5.32 Å². The third-order valence-corrected chi connectivity index (χ3v) is 2.91. The van der Waals surface area contributed by atoms with Crippen LogP contribution in [0.15, 0.2) is 24.3 Å². The molecule has 4 heteroatoms. The highest BCUT2D eigenvalue weighted by Crippen LogP contribution is 2.24. The van der Waals surface area contributed by atoms with Gasteiger partial charge in [0.25, 0.3) is 0 Å². The van der Waals surface area contributed by atoms with E-state index < -0.39 is 5.41 Å². The first-order chi connectivity index (χ1) is 7.98. The first kappa shape index (κ1) is 13.5. The van der Waals surface area contributed by atoms with Crippen LogP contribution in [0.3, 0.4) is 0 Å². The summed E-state index contributed by atoms with van der Waals surface area (Å²) in [6.45, 7) is 4.07. The maximum absolute atomic E-state index is 12.0. The van der Waals surface area contributed by atoms with E-state index in [0.29, 0.717) is 18.0 Å². The molecule has 0 aliphatic heterocycles. The van der Waals surface area contributed by atoms with Gasteiger partial charge in [0.05, 0.1) is 17.9 Å². The minimum absolute atomic E-state index is 0.0879. The van der Waals surface area contributed by atoms with E-state index >= 15 is 0 Å². The average Bonchev–Trinajstić information content (AvgIpc) is 2.29. The Balaban J connectivity index is 2.76. The lowest BCUT2D eigenvalue weighted by Gasteiger charge is -2.24. The first-order valence-electron chi connectivity index (χ1n) is 5.40. The largest absolute Gasteiger partial charge is 0.354 e. The van der Waals surface area contributed by atoms with Crippen LogP contribution in [0.2, 0.25) is 5.02 Å². The second-order valence-electron chi connectivity index (χ2n) is 4.30. The maximum atomic E-state index is 12.0. The van der Waals surface area contributed by atoms with Crippen LogP contribution in [-0.4, -0.2) is 12.5 Å². The van der Waals surface area contributed by atoms with E-state index in [1.165, 1.54) is 0 Å². The second-order valence-corrected chi connectivity index (χ2v) is 4.73. The highest BCUT2D eigenvalue weighted by atomic mass is 35.5. The molecule has 0 atom stereocenters. The van der Waals surface area contributed by atoms with E-state index in [1.807, 2.05) is 32.0 Å². The lowest BCUT2D eigenvalue weighted by Crippen LogP contribution is -2.40. The topological polar surface area (TPSA) is 52.9 Å². The molecule has 1 amide bonds. The molecule has 0 heterocycles. The molecule has 0 spiro atoms. The zero-order valence-corrected chi connectivity index (χ0v) is 10.7. The van der Waals surface area contributed by atoms with Gasteiger partial charge in [-0.25, -0.2) is 0 Å². The summed E-state index contributed by atoms with van der Waals surface area (Å²) < 4.78 is 0. The maximum Gasteiger partial charge on any atom is 0.230 e. The second kappa shape index (κ2) is 5.70. The number of hydrogen-bond acceptors (Lipinski definition) is 2. The highest BCUT2D eigenvalue weighted by molar-refractivity contribution is 6.30. The molecule has 0 radical (unpaired) electrons. The van der Waals surface area contributed by atoms with E-state index in [9.17, 15) is 4.79 Å². The third-order valence-electron chi connectivity index (χ3n) is 2.66. The van der Waals surface area contributed by atoms with E-state index in [1.54, 1.807) is 12.1 Å². The lowest BCUT2D eigenvalue weighted by molar-refractivity contribution is -0.125. The summed E-state index contributed by atoms with van der Waals surface area (Å²) in [4.78, 5) is 12.0. The molecule has 1 aromatic carbocycles. The van der Waals surface area contributed by atoms with Crippen LogP contribution in [-0.2, 0) is 10.2 Å². The van der Waals surface area contributed by atoms with Gasteiger partial charge in [-0.3, -0.25) is 4.79 Å². The molecule has 1 N–H and O–H groups in total. The van der Waals surface area contributed by atoms with Gasteiger partial charge in [0, 0.05) is 11.6 Å². The summed E-state index contributed by atoms with van der Waals surface area (Å²) in [5.41, 5.74) is 0.274. The minimum atomic E-state index is -0.625. The van der Waals surface area contributed by atoms with Crippen molar-refractivity contribution in [3.63, 3.8) is 0 Å². The van der Waals surface area contributed by atoms with Crippen molar-refractivity contribution in [2.45, 2.75) is 25.7 Å². The molecule has 17 heavy (non-hydrogen) atoms. The van der Waals surface area contributed by atoms with Crippen LogP contribution in [0.1, 0.15) is 25.8 Å². The average molecular weight is 251 g/mol. The molecule has 0 fully saturated rings. The summed E-state index contributed by atoms with van der Waals surface area (Å²) in [5.74, 6) is -0.0879. The number of halogens is 1. The van der Waals surface area contributed by atoms with Crippen molar-refractivity contribution in [2.75, 3.05) is 6.54 Å². The molecule has 3 nitrogen and oxygen atoms in total. The number of carbonyl (C=O) groups excluding carboxylic acids is 1. The van der Waals surface area contributed by atoms with Crippen molar-refractivity contribution in [3.05, 3.63) is 34.9 Å². The Bertz CT molecular complexity index is 432. The van der Waals surface area contributed by atoms with Gasteiger partial charge in [-0.05, 0) is 31.5 Å². The molecule has 0 aliphatic rings. The van der Waals surface area contributed by atoms with Gasteiger partial charge >= 0.3 is 0 Å². The molecule has 0 aromatic heterocycles. The van der Waals surface area contributed by atoms with Crippen LogP contribution < -0.4 is 5.32 Å². The molecular weight excluding hydrogens is 236 g/mol. The summed E-state index contributed by atoms with van der Waals surface area (Å²) in [7, 11) is 0. The summed E-state index contributed by atoms with van der Waals surface area (Å²) >= 11 is 5.81. The van der Waals surface area contributed by atoms with Crippen LogP contribution in [0.25, 0.3) is 0 Å². The Kier molecular flexibility index (Phi) is 4.53. The van der Waals surface area contributed by atoms with Crippen molar-refractivity contribution < 1.29 is 4.79 Å². The first-order valence-corrected chi connectivity index (χ1v) is 5.77. The molecule has 1 aromatic rings. The molecule has 90 valence electrons. The quantitative estimate of drug-likeness (QED) is 0.836. The van der Waals surface area contributed by atoms with Gasteiger partial charge in [0.2, 0.25) is 5.91 Å². The van der Waals surface area contributed by atoms with Gasteiger partial charge < -0.3 is 5.32 Å². The Morgan fingerprint density at radius 2 is 2.00 bits per heavy atom. The number of carbonyl (C=O) groups is 1. The molecule has 0 bridgehead atoms. The molecule has 0 aliphatic carbocycles. The number of nitrogens with zero attached hydrogens (tertiary/aromatic N) is 1.